The fourth-order valence-corrected chi connectivity index (χ4v) is 2.04. The third kappa shape index (κ3) is 5.89. The van der Waals surface area contributed by atoms with E-state index >= 15 is 0 Å². The minimum absolute atomic E-state index is 0.186. The van der Waals surface area contributed by atoms with Crippen LogP contribution in [0.25, 0.3) is 0 Å². The van der Waals surface area contributed by atoms with E-state index in [0.29, 0.717) is 10.7 Å². The molecule has 130 valence electrons. The van der Waals surface area contributed by atoms with Gasteiger partial charge in [-0.15, -0.1) is 0 Å². The number of hydrogen-bond donors (Lipinski definition) is 2. The first-order valence-electron chi connectivity index (χ1n) is 7.19. The van der Waals surface area contributed by atoms with Crippen LogP contribution in [0.1, 0.15) is 10.4 Å². The fourth-order valence-electron chi connectivity index (χ4n) is 1.85. The number of benzene rings is 2. The van der Waals surface area contributed by atoms with Gasteiger partial charge in [-0.2, -0.15) is 0 Å². The minimum Gasteiger partial charge on any atom is -0.454 e. The van der Waals surface area contributed by atoms with Gasteiger partial charge in [0.25, 0.3) is 11.8 Å². The van der Waals surface area contributed by atoms with Gasteiger partial charge in [0.15, 0.2) is 6.61 Å². The van der Waals surface area contributed by atoms with Crippen LogP contribution in [-0.2, 0) is 14.3 Å². The van der Waals surface area contributed by atoms with Gasteiger partial charge >= 0.3 is 5.97 Å². The number of esters is 1. The largest absolute Gasteiger partial charge is 0.454 e. The van der Waals surface area contributed by atoms with E-state index in [2.05, 4.69) is 10.6 Å². The zero-order chi connectivity index (χ0) is 18.2. The Hall–Kier alpha value is -2.93. The second-order valence-electron chi connectivity index (χ2n) is 4.88. The van der Waals surface area contributed by atoms with Crippen molar-refractivity contribution < 1.29 is 23.5 Å². The van der Waals surface area contributed by atoms with Crippen LogP contribution in [-0.4, -0.2) is 30.9 Å². The average Bonchev–Trinajstić information content (AvgIpc) is 2.58. The number of hydrogen-bond acceptors (Lipinski definition) is 4. The summed E-state index contributed by atoms with van der Waals surface area (Å²) in [6, 6.07) is 11.8. The third-order valence-electron chi connectivity index (χ3n) is 2.98. The molecule has 2 rings (SSSR count). The predicted molar refractivity (Wildman–Crippen MR) is 89.8 cm³/mol. The molecule has 2 amide bonds. The molecule has 0 aromatic heterocycles. The molecule has 8 heteroatoms. The Morgan fingerprint density at radius 1 is 1.08 bits per heavy atom. The van der Waals surface area contributed by atoms with Gasteiger partial charge < -0.3 is 15.4 Å². The van der Waals surface area contributed by atoms with Gasteiger partial charge in [0.1, 0.15) is 12.4 Å². The van der Waals surface area contributed by atoms with Crippen LogP contribution in [0, 0.1) is 5.82 Å². The molecule has 0 unspecified atom stereocenters. The standard InChI is InChI=1S/C17H14ClFN2O4/c18-11-4-3-5-12(8-11)21-15(22)10-25-16(23)9-20-17(24)13-6-1-2-7-14(13)19/h1-8H,9-10H2,(H,20,24)(H,21,22). The number of halogens is 2. The summed E-state index contributed by atoms with van der Waals surface area (Å²) >= 11 is 5.78. The highest BCUT2D eigenvalue weighted by Gasteiger charge is 2.13. The van der Waals surface area contributed by atoms with Crippen molar-refractivity contribution in [3.63, 3.8) is 0 Å². The zero-order valence-electron chi connectivity index (χ0n) is 12.9. The number of nitrogens with one attached hydrogen (secondary N) is 2. The Morgan fingerprint density at radius 2 is 1.84 bits per heavy atom. The Kier molecular flexibility index (Phi) is 6.47. The molecule has 0 radical (unpaired) electrons. The van der Waals surface area contributed by atoms with Crippen LogP contribution in [0.3, 0.4) is 0 Å². The summed E-state index contributed by atoms with van der Waals surface area (Å²) in [6.07, 6.45) is 0. The van der Waals surface area contributed by atoms with E-state index in [1.165, 1.54) is 24.3 Å². The summed E-state index contributed by atoms with van der Waals surface area (Å²) in [7, 11) is 0. The molecular weight excluding hydrogens is 351 g/mol. The summed E-state index contributed by atoms with van der Waals surface area (Å²) in [5.41, 5.74) is 0.274. The molecule has 25 heavy (non-hydrogen) atoms. The topological polar surface area (TPSA) is 84.5 Å². The van der Waals surface area contributed by atoms with Crippen LogP contribution in [0.4, 0.5) is 10.1 Å². The lowest BCUT2D eigenvalue weighted by Crippen LogP contribution is -2.32. The van der Waals surface area contributed by atoms with E-state index in [0.717, 1.165) is 6.07 Å². The molecule has 2 N–H and O–H groups in total. The number of carbonyl (C=O) groups is 3. The summed E-state index contributed by atoms with van der Waals surface area (Å²) < 4.78 is 18.1. The Bertz CT molecular complexity index is 798. The lowest BCUT2D eigenvalue weighted by Gasteiger charge is -2.08. The Labute approximate surface area is 147 Å². The maximum absolute atomic E-state index is 13.4. The highest BCUT2D eigenvalue weighted by molar-refractivity contribution is 6.30. The number of ether oxygens (including phenoxy) is 1. The summed E-state index contributed by atoms with van der Waals surface area (Å²) in [4.78, 5) is 34.9. The molecule has 6 nitrogen and oxygen atoms in total. The molecule has 0 aliphatic carbocycles. The van der Waals surface area contributed by atoms with Crippen molar-refractivity contribution in [3.8, 4) is 0 Å². The van der Waals surface area contributed by atoms with Crippen molar-refractivity contribution in [2.75, 3.05) is 18.5 Å². The highest BCUT2D eigenvalue weighted by Crippen LogP contribution is 2.14. The number of rotatable bonds is 6. The first-order valence-corrected chi connectivity index (χ1v) is 7.57. The lowest BCUT2D eigenvalue weighted by atomic mass is 10.2. The van der Waals surface area contributed by atoms with E-state index in [1.807, 2.05) is 0 Å². The SMILES string of the molecule is O=C(COC(=O)CNC(=O)c1ccccc1F)Nc1cccc(Cl)c1. The summed E-state index contributed by atoms with van der Waals surface area (Å²) in [6.45, 7) is -1.02. The molecule has 0 saturated carbocycles. The summed E-state index contributed by atoms with van der Waals surface area (Å²) in [5, 5.41) is 5.17. The van der Waals surface area contributed by atoms with Crippen LogP contribution in [0.15, 0.2) is 48.5 Å². The molecule has 0 bridgehead atoms. The van der Waals surface area contributed by atoms with E-state index in [-0.39, 0.29) is 5.56 Å². The molecule has 0 saturated heterocycles. The second-order valence-corrected chi connectivity index (χ2v) is 5.32. The number of carbonyl (C=O) groups excluding carboxylic acids is 3. The van der Waals surface area contributed by atoms with Crippen LogP contribution >= 0.6 is 11.6 Å². The average molecular weight is 365 g/mol. The van der Waals surface area contributed by atoms with Gasteiger partial charge in [0, 0.05) is 10.7 Å². The van der Waals surface area contributed by atoms with Crippen LogP contribution in [0.2, 0.25) is 5.02 Å². The van der Waals surface area contributed by atoms with Crippen LogP contribution < -0.4 is 10.6 Å². The second kappa shape index (κ2) is 8.79. The lowest BCUT2D eigenvalue weighted by molar-refractivity contribution is -0.146. The van der Waals surface area contributed by atoms with Crippen molar-refractivity contribution in [3.05, 3.63) is 64.9 Å². The molecule has 0 aliphatic heterocycles. The first kappa shape index (κ1) is 18.4. The highest BCUT2D eigenvalue weighted by atomic mass is 35.5. The Balaban J connectivity index is 1.74. The van der Waals surface area contributed by atoms with Crippen molar-refractivity contribution in [2.45, 2.75) is 0 Å². The Morgan fingerprint density at radius 3 is 2.56 bits per heavy atom. The maximum Gasteiger partial charge on any atom is 0.325 e. The normalized spacial score (nSPS) is 10.0. The zero-order valence-corrected chi connectivity index (χ0v) is 13.7. The van der Waals surface area contributed by atoms with Gasteiger partial charge in [-0.05, 0) is 30.3 Å². The number of amides is 2. The molecular formula is C17H14ClFN2O4. The van der Waals surface area contributed by atoms with E-state index in [9.17, 15) is 18.8 Å². The first-order chi connectivity index (χ1) is 12.0. The molecule has 0 atom stereocenters. The summed E-state index contributed by atoms with van der Waals surface area (Å²) in [5.74, 6) is -2.84. The van der Waals surface area contributed by atoms with Crippen molar-refractivity contribution >= 4 is 35.1 Å². The van der Waals surface area contributed by atoms with Gasteiger partial charge in [0.2, 0.25) is 0 Å². The molecule has 0 heterocycles. The third-order valence-corrected chi connectivity index (χ3v) is 3.22. The molecule has 0 aliphatic rings. The van der Waals surface area contributed by atoms with Gasteiger partial charge in [-0.25, -0.2) is 4.39 Å². The van der Waals surface area contributed by atoms with Crippen LogP contribution in [0.5, 0.6) is 0 Å². The molecule has 2 aromatic rings. The van der Waals surface area contributed by atoms with Gasteiger partial charge in [-0.1, -0.05) is 29.8 Å². The molecule has 0 spiro atoms. The monoisotopic (exact) mass is 364 g/mol. The smallest absolute Gasteiger partial charge is 0.325 e. The quantitative estimate of drug-likeness (QED) is 0.771. The van der Waals surface area contributed by atoms with E-state index in [4.69, 9.17) is 16.3 Å². The van der Waals surface area contributed by atoms with Gasteiger partial charge in [0.05, 0.1) is 5.56 Å². The number of anilines is 1. The van der Waals surface area contributed by atoms with E-state index in [1.54, 1.807) is 18.2 Å². The fraction of sp³-hybridized carbons (Fsp3) is 0.118. The van der Waals surface area contributed by atoms with Crippen molar-refractivity contribution in [1.82, 2.24) is 5.32 Å². The van der Waals surface area contributed by atoms with E-state index < -0.39 is 36.8 Å². The molecule has 0 fully saturated rings. The van der Waals surface area contributed by atoms with Gasteiger partial charge in [-0.3, -0.25) is 14.4 Å². The maximum atomic E-state index is 13.4. The molecule has 2 aromatic carbocycles. The minimum atomic E-state index is -0.828. The predicted octanol–water partition coefficient (Wildman–Crippen LogP) is 2.39. The van der Waals surface area contributed by atoms with Crippen molar-refractivity contribution in [2.24, 2.45) is 0 Å². The van der Waals surface area contributed by atoms with Crippen molar-refractivity contribution in [1.29, 1.82) is 0 Å².